The molecule has 0 radical (unpaired) electrons. The number of nitrogens with zero attached hydrogens (tertiary/aromatic N) is 4. The van der Waals surface area contributed by atoms with Gasteiger partial charge in [-0.2, -0.15) is 0 Å². The predicted octanol–water partition coefficient (Wildman–Crippen LogP) is -0.0352. The van der Waals surface area contributed by atoms with Gasteiger partial charge in [-0.3, -0.25) is 29.4 Å². The number of carbonyl (C=O) groups excluding carboxylic acids is 3. The molecule has 0 bridgehead atoms. The van der Waals surface area contributed by atoms with E-state index >= 15 is 0 Å². The van der Waals surface area contributed by atoms with E-state index in [1.54, 1.807) is 4.90 Å². The molecule has 0 spiro atoms. The molecule has 1 aromatic rings. The van der Waals surface area contributed by atoms with E-state index in [9.17, 15) is 24.5 Å². The van der Waals surface area contributed by atoms with Crippen LogP contribution in [0, 0.1) is 10.1 Å². The summed E-state index contributed by atoms with van der Waals surface area (Å²) < 4.78 is 0. The number of piperazine rings is 1. The van der Waals surface area contributed by atoms with Crippen LogP contribution in [0.3, 0.4) is 0 Å². The molecule has 126 valence electrons. The lowest BCUT2D eigenvalue weighted by molar-refractivity contribution is -0.384. The Morgan fingerprint density at radius 1 is 1.12 bits per heavy atom. The standard InChI is InChI=1S/C15H16N4O5/c1-16-4-6-17(7-5-16)13(20)9-18-14(21)11-3-2-10(19(23)24)8-12(11)15(18)22/h2-3,8H,4-7,9H2,1H3. The molecule has 1 fully saturated rings. The first kappa shape index (κ1) is 16.1. The molecule has 0 atom stereocenters. The number of hydrogen-bond donors (Lipinski definition) is 0. The van der Waals surface area contributed by atoms with Crippen molar-refractivity contribution >= 4 is 23.4 Å². The van der Waals surface area contributed by atoms with Gasteiger partial charge in [-0.25, -0.2) is 0 Å². The molecule has 1 saturated heterocycles. The van der Waals surface area contributed by atoms with Crippen molar-refractivity contribution in [2.45, 2.75) is 0 Å². The molecule has 3 amide bonds. The number of amides is 3. The first-order chi connectivity index (χ1) is 11.4. The van der Waals surface area contributed by atoms with Crippen molar-refractivity contribution in [2.75, 3.05) is 39.8 Å². The highest BCUT2D eigenvalue weighted by Gasteiger charge is 2.38. The van der Waals surface area contributed by atoms with Crippen molar-refractivity contribution in [1.29, 1.82) is 0 Å². The number of rotatable bonds is 3. The number of benzene rings is 1. The summed E-state index contributed by atoms with van der Waals surface area (Å²) in [4.78, 5) is 51.7. The highest BCUT2D eigenvalue weighted by atomic mass is 16.6. The fraction of sp³-hybridized carbons (Fsp3) is 0.400. The Kier molecular flexibility index (Phi) is 4.02. The van der Waals surface area contributed by atoms with Crippen molar-refractivity contribution in [1.82, 2.24) is 14.7 Å². The molecule has 9 heteroatoms. The minimum absolute atomic E-state index is 0.0274. The van der Waals surface area contributed by atoms with Crippen LogP contribution in [0.15, 0.2) is 18.2 Å². The molecule has 0 N–H and O–H groups in total. The van der Waals surface area contributed by atoms with Crippen LogP contribution in [-0.4, -0.2) is 77.1 Å². The quantitative estimate of drug-likeness (QED) is 0.437. The van der Waals surface area contributed by atoms with Gasteiger partial charge in [0.1, 0.15) is 6.54 Å². The first-order valence-corrected chi connectivity index (χ1v) is 7.49. The molecular weight excluding hydrogens is 316 g/mol. The number of fused-ring (bicyclic) bond motifs is 1. The zero-order valence-electron chi connectivity index (χ0n) is 13.1. The number of nitro benzene ring substituents is 1. The summed E-state index contributed by atoms with van der Waals surface area (Å²) in [6.45, 7) is 2.22. The van der Waals surface area contributed by atoms with E-state index in [-0.39, 0.29) is 29.3 Å². The van der Waals surface area contributed by atoms with Crippen LogP contribution in [0.1, 0.15) is 20.7 Å². The second kappa shape index (κ2) is 6.00. The maximum Gasteiger partial charge on any atom is 0.270 e. The molecule has 0 unspecified atom stereocenters. The highest BCUT2D eigenvalue weighted by molar-refractivity contribution is 6.22. The van der Waals surface area contributed by atoms with E-state index in [1.165, 1.54) is 12.1 Å². The molecule has 0 aromatic heterocycles. The SMILES string of the molecule is CN1CCN(C(=O)CN2C(=O)c3ccc([N+](=O)[O-])cc3C2=O)CC1. The highest BCUT2D eigenvalue weighted by Crippen LogP contribution is 2.26. The maximum atomic E-state index is 12.4. The average molecular weight is 332 g/mol. The molecule has 1 aromatic carbocycles. The summed E-state index contributed by atoms with van der Waals surface area (Å²) in [6.07, 6.45) is 0. The van der Waals surface area contributed by atoms with Gasteiger partial charge in [0.2, 0.25) is 5.91 Å². The van der Waals surface area contributed by atoms with Gasteiger partial charge in [-0.05, 0) is 13.1 Å². The summed E-state index contributed by atoms with van der Waals surface area (Å²) in [5.41, 5.74) is -0.195. The minimum Gasteiger partial charge on any atom is -0.339 e. The molecule has 2 aliphatic rings. The van der Waals surface area contributed by atoms with E-state index in [0.29, 0.717) is 13.1 Å². The number of nitro groups is 1. The van der Waals surface area contributed by atoms with Gasteiger partial charge >= 0.3 is 0 Å². The fourth-order valence-electron chi connectivity index (χ4n) is 2.83. The maximum absolute atomic E-state index is 12.4. The van der Waals surface area contributed by atoms with Crippen molar-refractivity contribution in [3.05, 3.63) is 39.4 Å². The fourth-order valence-corrected chi connectivity index (χ4v) is 2.83. The summed E-state index contributed by atoms with van der Waals surface area (Å²) in [5.74, 6) is -1.55. The Labute approximate surface area is 137 Å². The zero-order chi connectivity index (χ0) is 17.4. The lowest BCUT2D eigenvalue weighted by Crippen LogP contribution is -2.50. The Bertz CT molecular complexity index is 739. The normalized spacial score (nSPS) is 18.0. The topological polar surface area (TPSA) is 104 Å². The van der Waals surface area contributed by atoms with Gasteiger partial charge in [-0.1, -0.05) is 0 Å². The lowest BCUT2D eigenvalue weighted by Gasteiger charge is -2.33. The molecule has 24 heavy (non-hydrogen) atoms. The lowest BCUT2D eigenvalue weighted by atomic mass is 10.1. The van der Waals surface area contributed by atoms with Crippen LogP contribution in [-0.2, 0) is 4.79 Å². The van der Waals surface area contributed by atoms with E-state index in [2.05, 4.69) is 4.90 Å². The average Bonchev–Trinajstić information content (AvgIpc) is 2.80. The number of carbonyl (C=O) groups is 3. The number of non-ortho nitro benzene ring substituents is 1. The third-order valence-electron chi connectivity index (χ3n) is 4.31. The van der Waals surface area contributed by atoms with E-state index < -0.39 is 16.7 Å². The Morgan fingerprint density at radius 2 is 1.75 bits per heavy atom. The Morgan fingerprint density at radius 3 is 2.38 bits per heavy atom. The van der Waals surface area contributed by atoms with Crippen molar-refractivity contribution < 1.29 is 19.3 Å². The summed E-state index contributed by atoms with van der Waals surface area (Å²) in [7, 11) is 1.96. The van der Waals surface area contributed by atoms with Crippen molar-refractivity contribution in [3.8, 4) is 0 Å². The van der Waals surface area contributed by atoms with Crippen LogP contribution >= 0.6 is 0 Å². The van der Waals surface area contributed by atoms with Gasteiger partial charge in [0.15, 0.2) is 0 Å². The van der Waals surface area contributed by atoms with Gasteiger partial charge in [-0.15, -0.1) is 0 Å². The smallest absolute Gasteiger partial charge is 0.270 e. The van der Waals surface area contributed by atoms with Gasteiger partial charge in [0, 0.05) is 38.3 Å². The molecule has 2 heterocycles. The number of imide groups is 1. The largest absolute Gasteiger partial charge is 0.339 e. The summed E-state index contributed by atoms with van der Waals surface area (Å²) >= 11 is 0. The van der Waals surface area contributed by atoms with E-state index in [1.807, 2.05) is 7.05 Å². The van der Waals surface area contributed by atoms with Crippen LogP contribution < -0.4 is 0 Å². The monoisotopic (exact) mass is 332 g/mol. The van der Waals surface area contributed by atoms with Crippen LogP contribution in [0.25, 0.3) is 0 Å². The molecular formula is C15H16N4O5. The van der Waals surface area contributed by atoms with Crippen LogP contribution in [0.2, 0.25) is 0 Å². The summed E-state index contributed by atoms with van der Waals surface area (Å²) in [6, 6.07) is 3.51. The van der Waals surface area contributed by atoms with Gasteiger partial charge < -0.3 is 9.80 Å². The van der Waals surface area contributed by atoms with Crippen molar-refractivity contribution in [3.63, 3.8) is 0 Å². The minimum atomic E-state index is -0.666. The van der Waals surface area contributed by atoms with Gasteiger partial charge in [0.05, 0.1) is 16.1 Å². The molecule has 3 rings (SSSR count). The van der Waals surface area contributed by atoms with E-state index in [4.69, 9.17) is 0 Å². The van der Waals surface area contributed by atoms with E-state index in [0.717, 1.165) is 24.1 Å². The second-order valence-corrected chi connectivity index (χ2v) is 5.87. The molecule has 0 aliphatic carbocycles. The zero-order valence-corrected chi connectivity index (χ0v) is 13.1. The van der Waals surface area contributed by atoms with Gasteiger partial charge in [0.25, 0.3) is 17.5 Å². The molecule has 2 aliphatic heterocycles. The Hall–Kier alpha value is -2.81. The van der Waals surface area contributed by atoms with Crippen molar-refractivity contribution in [2.24, 2.45) is 0 Å². The Balaban J connectivity index is 1.76. The third-order valence-corrected chi connectivity index (χ3v) is 4.31. The second-order valence-electron chi connectivity index (χ2n) is 5.87. The summed E-state index contributed by atoms with van der Waals surface area (Å²) in [5, 5.41) is 10.8. The van der Waals surface area contributed by atoms with Crippen LogP contribution in [0.5, 0.6) is 0 Å². The number of hydrogen-bond acceptors (Lipinski definition) is 6. The molecule has 0 saturated carbocycles. The number of likely N-dealkylation sites (N-methyl/N-ethyl adjacent to an activating group) is 1. The van der Waals surface area contributed by atoms with Crippen LogP contribution in [0.4, 0.5) is 5.69 Å². The molecule has 9 nitrogen and oxygen atoms in total. The first-order valence-electron chi connectivity index (χ1n) is 7.49. The third kappa shape index (κ3) is 2.73. The predicted molar refractivity (Wildman–Crippen MR) is 82.5 cm³/mol.